The van der Waals surface area contributed by atoms with Crippen molar-refractivity contribution in [1.29, 1.82) is 5.26 Å². The van der Waals surface area contributed by atoms with E-state index in [4.69, 9.17) is 9.47 Å². The molecule has 0 unspecified atom stereocenters. The number of hydrogen-bond donors (Lipinski definition) is 0. The zero-order valence-electron chi connectivity index (χ0n) is 16.1. The molecule has 0 atom stereocenters. The average Bonchev–Trinajstić information content (AvgIpc) is 2.99. The quantitative estimate of drug-likeness (QED) is 0.764. The number of sulfonamides is 1. The summed E-state index contributed by atoms with van der Waals surface area (Å²) in [6, 6.07) is 14.5. The van der Waals surface area contributed by atoms with Crippen LogP contribution in [0.3, 0.4) is 0 Å². The summed E-state index contributed by atoms with van der Waals surface area (Å²) in [5.41, 5.74) is 1.63. The molecule has 1 saturated heterocycles. The second-order valence-electron chi connectivity index (χ2n) is 7.11. The highest BCUT2D eigenvalue weighted by atomic mass is 32.2. The van der Waals surface area contributed by atoms with Gasteiger partial charge < -0.3 is 9.47 Å². The van der Waals surface area contributed by atoms with Crippen LogP contribution in [0.15, 0.2) is 47.4 Å². The fourth-order valence-corrected chi connectivity index (χ4v) is 5.03. The summed E-state index contributed by atoms with van der Waals surface area (Å²) in [5, 5.41) is 9.25. The maximum Gasteiger partial charge on any atom is 0.243 e. The molecule has 1 fully saturated rings. The smallest absolute Gasteiger partial charge is 0.243 e. The van der Waals surface area contributed by atoms with Crippen LogP contribution in [0, 0.1) is 11.3 Å². The van der Waals surface area contributed by atoms with Crippen LogP contribution in [0.5, 0.6) is 11.5 Å². The predicted molar refractivity (Wildman–Crippen MR) is 107 cm³/mol. The maximum atomic E-state index is 13.1. The molecule has 4 rings (SSSR count). The summed E-state index contributed by atoms with van der Waals surface area (Å²) < 4.78 is 38.9. The van der Waals surface area contributed by atoms with Gasteiger partial charge in [-0.3, -0.25) is 4.90 Å². The third kappa shape index (κ3) is 4.22. The van der Waals surface area contributed by atoms with E-state index in [1.807, 2.05) is 18.2 Å². The van der Waals surface area contributed by atoms with Crippen LogP contribution in [0.2, 0.25) is 0 Å². The first-order valence-electron chi connectivity index (χ1n) is 9.68. The molecule has 2 aromatic carbocycles. The van der Waals surface area contributed by atoms with Gasteiger partial charge in [0.1, 0.15) is 0 Å². The Morgan fingerprint density at radius 3 is 2.45 bits per heavy atom. The van der Waals surface area contributed by atoms with Crippen molar-refractivity contribution in [1.82, 2.24) is 9.21 Å². The van der Waals surface area contributed by atoms with Crippen LogP contribution in [0.1, 0.15) is 17.5 Å². The molecule has 2 heterocycles. The summed E-state index contributed by atoms with van der Waals surface area (Å²) >= 11 is 0. The van der Waals surface area contributed by atoms with Crippen LogP contribution >= 0.6 is 0 Å². The van der Waals surface area contributed by atoms with E-state index in [1.165, 1.54) is 4.31 Å². The van der Waals surface area contributed by atoms with Gasteiger partial charge in [0, 0.05) is 45.2 Å². The lowest BCUT2D eigenvalue weighted by atomic mass is 10.1. The predicted octanol–water partition coefficient (Wildman–Crippen LogP) is 2.23. The minimum atomic E-state index is -3.60. The number of nitrogens with zero attached hydrogens (tertiary/aromatic N) is 3. The van der Waals surface area contributed by atoms with Gasteiger partial charge in [0.25, 0.3) is 0 Å². The highest BCUT2D eigenvalue weighted by Gasteiger charge is 2.29. The Kier molecular flexibility index (Phi) is 5.72. The lowest BCUT2D eigenvalue weighted by molar-refractivity contribution is 0.181. The Labute approximate surface area is 171 Å². The number of hydrogen-bond acceptors (Lipinski definition) is 6. The van der Waals surface area contributed by atoms with E-state index < -0.39 is 10.0 Å². The highest BCUT2D eigenvalue weighted by Crippen LogP contribution is 2.33. The van der Waals surface area contributed by atoms with Gasteiger partial charge in [-0.05, 0) is 23.8 Å². The number of rotatable bonds is 4. The molecule has 7 nitrogen and oxygen atoms in total. The number of piperazine rings is 1. The van der Waals surface area contributed by atoms with Gasteiger partial charge in [0.2, 0.25) is 10.0 Å². The van der Waals surface area contributed by atoms with Crippen molar-refractivity contribution in [3.8, 4) is 17.6 Å². The Morgan fingerprint density at radius 2 is 1.69 bits per heavy atom. The van der Waals surface area contributed by atoms with Crippen molar-refractivity contribution in [3.05, 3.63) is 53.6 Å². The minimum Gasteiger partial charge on any atom is -0.490 e. The molecule has 0 bridgehead atoms. The molecule has 0 aliphatic carbocycles. The number of fused-ring (bicyclic) bond motifs is 1. The van der Waals surface area contributed by atoms with Crippen molar-refractivity contribution in [2.45, 2.75) is 17.9 Å². The Morgan fingerprint density at radius 1 is 0.966 bits per heavy atom. The highest BCUT2D eigenvalue weighted by molar-refractivity contribution is 7.89. The molecule has 2 aliphatic heterocycles. The summed E-state index contributed by atoms with van der Waals surface area (Å²) in [5.74, 6) is 1.07. The normalized spacial score (nSPS) is 18.0. The van der Waals surface area contributed by atoms with Gasteiger partial charge in [-0.15, -0.1) is 0 Å². The van der Waals surface area contributed by atoms with Crippen molar-refractivity contribution in [3.63, 3.8) is 0 Å². The molecule has 0 aromatic heterocycles. The minimum absolute atomic E-state index is 0.227. The average molecular weight is 413 g/mol. The summed E-state index contributed by atoms with van der Waals surface area (Å²) in [4.78, 5) is 2.40. The van der Waals surface area contributed by atoms with Crippen LogP contribution in [0.4, 0.5) is 0 Å². The summed E-state index contributed by atoms with van der Waals surface area (Å²) in [7, 11) is -3.60. The van der Waals surface area contributed by atoms with Crippen LogP contribution in [-0.2, 0) is 16.6 Å². The maximum absolute atomic E-state index is 13.1. The topological polar surface area (TPSA) is 82.9 Å². The second-order valence-corrected chi connectivity index (χ2v) is 9.05. The Bertz CT molecular complexity index is 1020. The SMILES string of the molecule is N#Cc1ccccc1CN1CCN(S(=O)(=O)c2ccc3c(c2)OCCCO3)CC1. The zero-order valence-corrected chi connectivity index (χ0v) is 16.9. The van der Waals surface area contributed by atoms with Gasteiger partial charge in [0.15, 0.2) is 11.5 Å². The fourth-order valence-electron chi connectivity index (χ4n) is 3.59. The van der Waals surface area contributed by atoms with E-state index in [-0.39, 0.29) is 4.90 Å². The van der Waals surface area contributed by atoms with E-state index >= 15 is 0 Å². The van der Waals surface area contributed by atoms with E-state index in [1.54, 1.807) is 24.3 Å². The molecule has 8 heteroatoms. The lowest BCUT2D eigenvalue weighted by Crippen LogP contribution is -2.48. The van der Waals surface area contributed by atoms with E-state index in [9.17, 15) is 13.7 Å². The molecular weight excluding hydrogens is 390 g/mol. The van der Waals surface area contributed by atoms with Gasteiger partial charge in [0.05, 0.1) is 29.7 Å². The van der Waals surface area contributed by atoms with Crippen LogP contribution < -0.4 is 9.47 Å². The standard InChI is InChI=1S/C21H23N3O4S/c22-15-17-4-1-2-5-18(17)16-23-8-10-24(11-9-23)29(25,26)19-6-7-20-21(14-19)28-13-3-12-27-20/h1-2,4-7,14H,3,8-13,16H2. The lowest BCUT2D eigenvalue weighted by Gasteiger charge is -2.34. The van der Waals surface area contributed by atoms with Crippen molar-refractivity contribution in [2.24, 2.45) is 0 Å². The molecule has 0 N–H and O–H groups in total. The molecule has 0 amide bonds. The third-order valence-electron chi connectivity index (χ3n) is 5.22. The number of nitriles is 1. The van der Waals surface area contributed by atoms with Crippen molar-refractivity contribution < 1.29 is 17.9 Å². The molecule has 2 aliphatic rings. The van der Waals surface area contributed by atoms with E-state index in [0.717, 1.165) is 12.0 Å². The van der Waals surface area contributed by atoms with E-state index in [0.29, 0.717) is 63.0 Å². The zero-order chi connectivity index (χ0) is 20.3. The first-order valence-corrected chi connectivity index (χ1v) is 11.1. The fraction of sp³-hybridized carbons (Fsp3) is 0.381. The van der Waals surface area contributed by atoms with E-state index in [2.05, 4.69) is 11.0 Å². The molecule has 29 heavy (non-hydrogen) atoms. The second kappa shape index (κ2) is 8.41. The summed E-state index contributed by atoms with van der Waals surface area (Å²) in [6.45, 7) is 3.76. The first kappa shape index (κ1) is 19.7. The Hall–Kier alpha value is -2.60. The molecule has 0 spiro atoms. The molecule has 0 radical (unpaired) electrons. The molecule has 0 saturated carbocycles. The van der Waals surface area contributed by atoms with Crippen molar-refractivity contribution in [2.75, 3.05) is 39.4 Å². The Balaban J connectivity index is 1.44. The van der Waals surface area contributed by atoms with Crippen molar-refractivity contribution >= 4 is 10.0 Å². The monoisotopic (exact) mass is 413 g/mol. The van der Waals surface area contributed by atoms with Crippen LogP contribution in [-0.4, -0.2) is 57.0 Å². The summed E-state index contributed by atoms with van der Waals surface area (Å²) in [6.07, 6.45) is 0.771. The largest absolute Gasteiger partial charge is 0.490 e. The molecule has 152 valence electrons. The third-order valence-corrected chi connectivity index (χ3v) is 7.11. The molecule has 2 aromatic rings. The molecular formula is C21H23N3O4S. The van der Waals surface area contributed by atoms with Gasteiger partial charge in [-0.25, -0.2) is 8.42 Å². The van der Waals surface area contributed by atoms with Gasteiger partial charge in [-0.1, -0.05) is 18.2 Å². The van der Waals surface area contributed by atoms with Gasteiger partial charge >= 0.3 is 0 Å². The van der Waals surface area contributed by atoms with Crippen LogP contribution in [0.25, 0.3) is 0 Å². The number of ether oxygens (including phenoxy) is 2. The number of benzene rings is 2. The first-order chi connectivity index (χ1) is 14.1. The van der Waals surface area contributed by atoms with Gasteiger partial charge in [-0.2, -0.15) is 9.57 Å².